The predicted octanol–water partition coefficient (Wildman–Crippen LogP) is 5.25. The number of aromatic nitrogens is 2. The molecule has 0 radical (unpaired) electrons. The van der Waals surface area contributed by atoms with E-state index >= 15 is 0 Å². The third-order valence-corrected chi connectivity index (χ3v) is 6.41. The normalized spacial score (nSPS) is 15.7. The van der Waals surface area contributed by atoms with E-state index in [-0.39, 0.29) is 0 Å². The van der Waals surface area contributed by atoms with Crippen LogP contribution in [0.1, 0.15) is 36.1 Å². The van der Waals surface area contributed by atoms with Gasteiger partial charge in [-0.25, -0.2) is 0 Å². The Labute approximate surface area is 163 Å². The molecule has 6 heteroatoms. The van der Waals surface area contributed by atoms with E-state index in [0.717, 1.165) is 24.0 Å². The number of likely N-dealkylation sites (tertiary alicyclic amines) is 1. The molecule has 0 bridgehead atoms. The predicted molar refractivity (Wildman–Crippen MR) is 111 cm³/mol. The Kier molecular flexibility index (Phi) is 5.94. The first-order valence-electron chi connectivity index (χ1n) is 9.30. The summed E-state index contributed by atoms with van der Waals surface area (Å²) in [6.07, 6.45) is 5.44. The number of anilines is 1. The van der Waals surface area contributed by atoms with E-state index in [2.05, 4.69) is 56.0 Å². The molecule has 0 atom stereocenters. The summed E-state index contributed by atoms with van der Waals surface area (Å²) in [5.41, 5.74) is 1.25. The van der Waals surface area contributed by atoms with Crippen molar-refractivity contribution in [2.24, 2.45) is 0 Å². The average Bonchev–Trinajstić information content (AvgIpc) is 3.25. The molecule has 2 aromatic heterocycles. The van der Waals surface area contributed by atoms with Crippen LogP contribution in [-0.2, 0) is 13.1 Å². The Morgan fingerprint density at radius 1 is 0.962 bits per heavy atom. The number of nitrogens with zero attached hydrogens (tertiary/aromatic N) is 3. The van der Waals surface area contributed by atoms with Crippen LogP contribution < -0.4 is 5.32 Å². The van der Waals surface area contributed by atoms with Crippen molar-refractivity contribution < 1.29 is 0 Å². The van der Waals surface area contributed by atoms with E-state index in [1.165, 1.54) is 65.6 Å². The Morgan fingerprint density at radius 3 is 2.58 bits per heavy atom. The lowest BCUT2D eigenvalue weighted by atomic mass is 10.2. The molecule has 0 saturated carbocycles. The zero-order valence-corrected chi connectivity index (χ0v) is 16.5. The van der Waals surface area contributed by atoms with Crippen LogP contribution in [0.15, 0.2) is 42.5 Å². The van der Waals surface area contributed by atoms with Gasteiger partial charge < -0.3 is 5.32 Å². The first-order valence-corrected chi connectivity index (χ1v) is 10.9. The minimum atomic E-state index is 0.778. The van der Waals surface area contributed by atoms with Crippen LogP contribution in [-0.4, -0.2) is 27.3 Å². The van der Waals surface area contributed by atoms with Crippen molar-refractivity contribution in [2.75, 3.05) is 18.4 Å². The minimum absolute atomic E-state index is 0.778. The van der Waals surface area contributed by atoms with Crippen LogP contribution in [0.4, 0.5) is 5.13 Å². The van der Waals surface area contributed by atoms with Gasteiger partial charge in [0, 0.05) is 29.5 Å². The summed E-state index contributed by atoms with van der Waals surface area (Å²) in [6, 6.07) is 14.8. The van der Waals surface area contributed by atoms with Gasteiger partial charge in [0.15, 0.2) is 5.82 Å². The summed E-state index contributed by atoms with van der Waals surface area (Å²) < 4.78 is 4.54. The van der Waals surface area contributed by atoms with Gasteiger partial charge in [-0.3, -0.25) is 4.90 Å². The van der Waals surface area contributed by atoms with Crippen LogP contribution in [0, 0.1) is 0 Å². The molecule has 0 spiro atoms. The van der Waals surface area contributed by atoms with Crippen molar-refractivity contribution in [1.29, 1.82) is 0 Å². The van der Waals surface area contributed by atoms with Gasteiger partial charge >= 0.3 is 0 Å². The molecule has 3 heterocycles. The molecule has 0 amide bonds. The topological polar surface area (TPSA) is 41.1 Å². The summed E-state index contributed by atoms with van der Waals surface area (Å²) in [6.45, 7) is 4.31. The highest BCUT2D eigenvalue weighted by Gasteiger charge is 2.13. The van der Waals surface area contributed by atoms with Gasteiger partial charge in [0.2, 0.25) is 5.13 Å². The van der Waals surface area contributed by atoms with Crippen molar-refractivity contribution in [1.82, 2.24) is 14.3 Å². The highest BCUT2D eigenvalue weighted by Crippen LogP contribution is 2.29. The molecule has 136 valence electrons. The van der Waals surface area contributed by atoms with Crippen molar-refractivity contribution in [3.05, 3.63) is 52.9 Å². The zero-order valence-electron chi connectivity index (χ0n) is 14.9. The number of hydrogen-bond donors (Lipinski definition) is 1. The number of rotatable bonds is 6. The lowest BCUT2D eigenvalue weighted by Gasteiger charge is -2.18. The number of thiophene rings is 1. The van der Waals surface area contributed by atoms with Gasteiger partial charge in [-0.15, -0.1) is 11.3 Å². The zero-order chi connectivity index (χ0) is 17.6. The molecule has 4 nitrogen and oxygen atoms in total. The SMILES string of the molecule is c1ccc(CNc2nc(-c3ccc(CN4CCCCCC4)s3)ns2)cc1. The molecule has 1 aliphatic rings. The van der Waals surface area contributed by atoms with Gasteiger partial charge in [-0.05, 0) is 43.6 Å². The molecule has 1 aromatic carbocycles. The maximum Gasteiger partial charge on any atom is 0.203 e. The molecule has 3 aromatic rings. The lowest BCUT2D eigenvalue weighted by Crippen LogP contribution is -2.23. The van der Waals surface area contributed by atoms with Gasteiger partial charge in [0.25, 0.3) is 0 Å². The van der Waals surface area contributed by atoms with Crippen LogP contribution in [0.3, 0.4) is 0 Å². The van der Waals surface area contributed by atoms with Gasteiger partial charge in [-0.2, -0.15) is 9.36 Å². The number of hydrogen-bond acceptors (Lipinski definition) is 6. The van der Waals surface area contributed by atoms with Gasteiger partial charge in [0.05, 0.1) is 4.88 Å². The fourth-order valence-corrected chi connectivity index (χ4v) is 4.88. The van der Waals surface area contributed by atoms with Crippen LogP contribution in [0.5, 0.6) is 0 Å². The number of nitrogens with one attached hydrogen (secondary N) is 1. The second-order valence-corrected chi connectivity index (χ2v) is 8.64. The summed E-state index contributed by atoms with van der Waals surface area (Å²) in [5, 5.41) is 4.25. The Hall–Kier alpha value is -1.76. The van der Waals surface area contributed by atoms with E-state index in [1.54, 1.807) is 0 Å². The van der Waals surface area contributed by atoms with Crippen LogP contribution in [0.2, 0.25) is 0 Å². The maximum absolute atomic E-state index is 4.66. The van der Waals surface area contributed by atoms with Crippen molar-refractivity contribution in [3.63, 3.8) is 0 Å². The monoisotopic (exact) mass is 384 g/mol. The van der Waals surface area contributed by atoms with E-state index in [4.69, 9.17) is 0 Å². The molecule has 26 heavy (non-hydrogen) atoms. The largest absolute Gasteiger partial charge is 0.356 e. The molecule has 1 aliphatic heterocycles. The van der Waals surface area contributed by atoms with E-state index in [1.807, 2.05) is 17.4 Å². The van der Waals surface area contributed by atoms with E-state index < -0.39 is 0 Å². The molecule has 0 aliphatic carbocycles. The first-order chi connectivity index (χ1) is 12.9. The second kappa shape index (κ2) is 8.75. The average molecular weight is 385 g/mol. The fourth-order valence-electron chi connectivity index (χ4n) is 3.27. The van der Waals surface area contributed by atoms with Crippen molar-refractivity contribution >= 4 is 28.0 Å². The Balaban J connectivity index is 1.36. The quantitative estimate of drug-likeness (QED) is 0.630. The first kappa shape index (κ1) is 17.6. The molecule has 1 fully saturated rings. The van der Waals surface area contributed by atoms with Crippen molar-refractivity contribution in [2.45, 2.75) is 38.8 Å². The highest BCUT2D eigenvalue weighted by atomic mass is 32.1. The third kappa shape index (κ3) is 4.69. The second-order valence-electron chi connectivity index (χ2n) is 6.72. The highest BCUT2D eigenvalue weighted by molar-refractivity contribution is 7.15. The smallest absolute Gasteiger partial charge is 0.203 e. The summed E-state index contributed by atoms with van der Waals surface area (Å²) >= 11 is 3.26. The summed E-state index contributed by atoms with van der Waals surface area (Å²) in [7, 11) is 0. The van der Waals surface area contributed by atoms with Gasteiger partial charge in [0.1, 0.15) is 0 Å². The summed E-state index contributed by atoms with van der Waals surface area (Å²) in [5.74, 6) is 0.845. The summed E-state index contributed by atoms with van der Waals surface area (Å²) in [4.78, 5) is 9.83. The fraction of sp³-hybridized carbons (Fsp3) is 0.400. The standard InChI is InChI=1S/C20H24N4S2/c1-2-7-13-24(12-6-1)15-17-10-11-18(25-17)19-22-20(26-23-19)21-14-16-8-4-3-5-9-16/h3-5,8-11H,1-2,6-7,12-15H2,(H,21,22,23). The lowest BCUT2D eigenvalue weighted by molar-refractivity contribution is 0.279. The van der Waals surface area contributed by atoms with E-state index in [0.29, 0.717) is 0 Å². The molecular formula is C20H24N4S2. The van der Waals surface area contributed by atoms with Crippen LogP contribution >= 0.6 is 22.9 Å². The van der Waals surface area contributed by atoms with E-state index in [9.17, 15) is 0 Å². The van der Waals surface area contributed by atoms with Gasteiger partial charge in [-0.1, -0.05) is 43.2 Å². The Bertz CT molecular complexity index is 804. The molecule has 1 saturated heterocycles. The van der Waals surface area contributed by atoms with Crippen molar-refractivity contribution in [3.8, 4) is 10.7 Å². The maximum atomic E-state index is 4.66. The number of benzene rings is 1. The Morgan fingerprint density at radius 2 is 1.77 bits per heavy atom. The molecular weight excluding hydrogens is 360 g/mol. The minimum Gasteiger partial charge on any atom is -0.356 e. The third-order valence-electron chi connectivity index (χ3n) is 4.67. The van der Waals surface area contributed by atoms with Crippen LogP contribution in [0.25, 0.3) is 10.7 Å². The molecule has 0 unspecified atom stereocenters. The molecule has 4 rings (SSSR count). The molecule has 1 N–H and O–H groups in total.